The van der Waals surface area contributed by atoms with Crippen molar-refractivity contribution < 1.29 is 0 Å². The Morgan fingerprint density at radius 2 is 0.574 bits per heavy atom. The van der Waals surface area contributed by atoms with E-state index in [1.54, 1.807) is 19.5 Å². The Hall–Kier alpha value is -2.50. The van der Waals surface area contributed by atoms with Crippen molar-refractivity contribution in [3.8, 4) is 0 Å². The maximum Gasteiger partial charge on any atom is 0.0437 e. The number of hydrogen-bond donors (Lipinski definition) is 0. The molecule has 4 aromatic carbocycles. The molecule has 54 heavy (non-hydrogen) atoms. The Balaban J connectivity index is 1.34. The molecule has 0 spiro atoms. The first-order valence-electron chi connectivity index (χ1n) is 21.8. The summed E-state index contributed by atoms with van der Waals surface area (Å²) in [7, 11) is 0. The number of thiophene rings is 4. The topological polar surface area (TPSA) is 0 Å². The van der Waals surface area contributed by atoms with Crippen LogP contribution < -0.4 is 0 Å². The standard InChI is InChI=1S/C50H60S4/c1-5-9-13-17-21-33-29-41-43-31-35(23-19-15-11-7-3)53-49(43)45-37-26-28-40-46(38(37)25-27-39(45)47(41)51-33)50-44(32-36(54-50)24-20-16-12-8-4)42-30-34(52-48(40)42)22-18-14-10-6-2/h25-32H,5-24H2,1-4H3. The van der Waals surface area contributed by atoms with Crippen molar-refractivity contribution in [2.24, 2.45) is 0 Å². The molecule has 0 nitrogen and oxygen atoms in total. The van der Waals surface area contributed by atoms with Crippen molar-refractivity contribution >= 4 is 118 Å². The quantitative estimate of drug-likeness (QED) is 0.0533. The van der Waals surface area contributed by atoms with Crippen LogP contribution in [0.3, 0.4) is 0 Å². The average Bonchev–Trinajstić information content (AvgIpc) is 3.99. The van der Waals surface area contributed by atoms with Crippen LogP contribution in [0.15, 0.2) is 48.5 Å². The van der Waals surface area contributed by atoms with Gasteiger partial charge in [0.15, 0.2) is 0 Å². The summed E-state index contributed by atoms with van der Waals surface area (Å²) < 4.78 is 6.07. The zero-order valence-electron chi connectivity index (χ0n) is 33.4. The van der Waals surface area contributed by atoms with Crippen molar-refractivity contribution in [2.45, 2.75) is 156 Å². The van der Waals surface area contributed by atoms with Gasteiger partial charge in [0.1, 0.15) is 0 Å². The lowest BCUT2D eigenvalue weighted by Crippen LogP contribution is -1.83. The normalized spacial score (nSPS) is 12.4. The third-order valence-corrected chi connectivity index (χ3v) is 16.8. The molecule has 0 saturated heterocycles. The van der Waals surface area contributed by atoms with Crippen LogP contribution in [0.25, 0.3) is 72.7 Å². The van der Waals surface area contributed by atoms with Crippen LogP contribution in [0.4, 0.5) is 0 Å². The van der Waals surface area contributed by atoms with Crippen molar-refractivity contribution in [3.05, 3.63) is 68.0 Å². The first-order valence-corrected chi connectivity index (χ1v) is 25.0. The third kappa shape index (κ3) is 7.63. The summed E-state index contributed by atoms with van der Waals surface area (Å²) in [5, 5.41) is 14.9. The Kier molecular flexibility index (Phi) is 12.6. The lowest BCUT2D eigenvalue weighted by molar-refractivity contribution is 0.670. The number of rotatable bonds is 20. The monoisotopic (exact) mass is 788 g/mol. The van der Waals surface area contributed by atoms with Gasteiger partial charge in [-0.1, -0.05) is 129 Å². The molecule has 0 radical (unpaired) electrons. The van der Waals surface area contributed by atoms with Gasteiger partial charge in [-0.15, -0.1) is 45.3 Å². The zero-order chi connectivity index (χ0) is 37.0. The number of unbranched alkanes of at least 4 members (excludes halogenated alkanes) is 12. The highest BCUT2D eigenvalue weighted by atomic mass is 32.1. The van der Waals surface area contributed by atoms with Gasteiger partial charge in [0, 0.05) is 81.4 Å². The molecule has 0 aliphatic carbocycles. The molecular formula is C50H60S4. The minimum atomic E-state index is 1.21. The van der Waals surface area contributed by atoms with Crippen LogP contribution in [-0.4, -0.2) is 0 Å². The third-order valence-electron chi connectivity index (χ3n) is 12.0. The number of fused-ring (bicyclic) bond motifs is 15. The molecule has 8 aromatic rings. The van der Waals surface area contributed by atoms with Gasteiger partial charge < -0.3 is 0 Å². The second kappa shape index (κ2) is 17.7. The van der Waals surface area contributed by atoms with E-state index in [4.69, 9.17) is 0 Å². The average molecular weight is 789 g/mol. The van der Waals surface area contributed by atoms with Gasteiger partial charge in [0.25, 0.3) is 0 Å². The van der Waals surface area contributed by atoms with Crippen molar-refractivity contribution in [1.29, 1.82) is 0 Å². The fourth-order valence-corrected chi connectivity index (χ4v) is 14.1. The molecule has 0 saturated carbocycles. The predicted octanol–water partition coefficient (Wildman–Crippen LogP) is 18.5. The number of benzene rings is 4. The molecule has 0 bridgehead atoms. The second-order valence-corrected chi connectivity index (χ2v) is 20.7. The van der Waals surface area contributed by atoms with Gasteiger partial charge in [0.05, 0.1) is 0 Å². The minimum Gasteiger partial charge on any atom is -0.140 e. The van der Waals surface area contributed by atoms with Gasteiger partial charge in [-0.25, -0.2) is 0 Å². The van der Waals surface area contributed by atoms with Crippen LogP contribution in [0.1, 0.15) is 150 Å². The summed E-state index contributed by atoms with van der Waals surface area (Å²) >= 11 is 8.37. The summed E-state index contributed by atoms with van der Waals surface area (Å²) in [6.45, 7) is 9.28. The van der Waals surface area contributed by atoms with Gasteiger partial charge in [-0.3, -0.25) is 0 Å². The zero-order valence-corrected chi connectivity index (χ0v) is 36.7. The van der Waals surface area contributed by atoms with Crippen molar-refractivity contribution in [3.63, 3.8) is 0 Å². The molecule has 0 amide bonds. The maximum absolute atomic E-state index is 2.60. The predicted molar refractivity (Wildman–Crippen MR) is 252 cm³/mol. The molecule has 0 fully saturated rings. The Morgan fingerprint density at radius 1 is 0.296 bits per heavy atom. The Labute approximate surface area is 340 Å². The van der Waals surface area contributed by atoms with Crippen molar-refractivity contribution in [2.75, 3.05) is 0 Å². The van der Waals surface area contributed by atoms with Gasteiger partial charge >= 0.3 is 0 Å². The minimum absolute atomic E-state index is 1.21. The van der Waals surface area contributed by atoms with E-state index in [0.717, 1.165) is 0 Å². The van der Waals surface area contributed by atoms with E-state index in [9.17, 15) is 0 Å². The Bertz CT molecular complexity index is 2340. The van der Waals surface area contributed by atoms with Crippen LogP contribution in [0, 0.1) is 0 Å². The van der Waals surface area contributed by atoms with E-state index in [2.05, 4.69) is 122 Å². The lowest BCUT2D eigenvalue weighted by Gasteiger charge is -2.12. The first-order chi connectivity index (χ1) is 26.6. The van der Waals surface area contributed by atoms with Gasteiger partial charge in [0.2, 0.25) is 0 Å². The van der Waals surface area contributed by atoms with Crippen LogP contribution in [0.2, 0.25) is 0 Å². The summed E-state index contributed by atoms with van der Waals surface area (Å²) in [4.78, 5) is 6.29. The van der Waals surface area contributed by atoms with Gasteiger partial charge in [-0.2, -0.15) is 0 Å². The fraction of sp³-hybridized carbons (Fsp3) is 0.480. The molecule has 0 atom stereocenters. The highest BCUT2D eigenvalue weighted by Crippen LogP contribution is 2.50. The highest BCUT2D eigenvalue weighted by Gasteiger charge is 2.21. The van der Waals surface area contributed by atoms with E-state index in [1.165, 1.54) is 201 Å². The molecule has 4 aromatic heterocycles. The SMILES string of the molecule is CCCCCCc1cc2c3cc(CCCCCC)sc3c3c4ccc5c6sc(CCCCCC)cc6c6cc(CCCCCC)sc6c5c4ccc3c2s1. The van der Waals surface area contributed by atoms with E-state index in [1.807, 2.05) is 0 Å². The molecule has 0 N–H and O–H groups in total. The summed E-state index contributed by atoms with van der Waals surface area (Å²) in [5.74, 6) is 0. The second-order valence-electron chi connectivity index (χ2n) is 16.1. The molecule has 0 aliphatic heterocycles. The molecule has 8 rings (SSSR count). The van der Waals surface area contributed by atoms with E-state index in [0.29, 0.717) is 0 Å². The summed E-state index contributed by atoms with van der Waals surface area (Å²) in [5.41, 5.74) is 0. The molecular weight excluding hydrogens is 729 g/mol. The Morgan fingerprint density at radius 3 is 0.889 bits per heavy atom. The van der Waals surface area contributed by atoms with E-state index in [-0.39, 0.29) is 0 Å². The highest BCUT2D eigenvalue weighted by molar-refractivity contribution is 7.23. The largest absolute Gasteiger partial charge is 0.140 e. The first kappa shape index (κ1) is 38.4. The maximum atomic E-state index is 2.60. The van der Waals surface area contributed by atoms with E-state index < -0.39 is 0 Å². The summed E-state index contributed by atoms with van der Waals surface area (Å²) in [6, 6.07) is 20.5. The van der Waals surface area contributed by atoms with Gasteiger partial charge in [-0.05, 0) is 86.4 Å². The van der Waals surface area contributed by atoms with Crippen LogP contribution >= 0.6 is 45.3 Å². The molecule has 0 unspecified atom stereocenters. The van der Waals surface area contributed by atoms with Crippen LogP contribution in [0.5, 0.6) is 0 Å². The fourth-order valence-electron chi connectivity index (χ4n) is 9.01. The smallest absolute Gasteiger partial charge is 0.0437 e. The molecule has 0 aliphatic rings. The lowest BCUT2D eigenvalue weighted by atomic mass is 9.94. The molecule has 4 heteroatoms. The number of aryl methyl sites for hydroxylation is 4. The molecule has 4 heterocycles. The summed E-state index contributed by atoms with van der Waals surface area (Å²) in [6.07, 6.45) is 26.0. The molecule has 284 valence electrons. The van der Waals surface area contributed by atoms with Crippen LogP contribution in [-0.2, 0) is 25.7 Å². The van der Waals surface area contributed by atoms with Crippen molar-refractivity contribution in [1.82, 2.24) is 0 Å². The van der Waals surface area contributed by atoms with E-state index >= 15 is 0 Å². The number of hydrogen-bond acceptors (Lipinski definition) is 4.